The lowest BCUT2D eigenvalue weighted by Crippen LogP contribution is -2.04. The average Bonchev–Trinajstić information content (AvgIpc) is 2.83. The minimum atomic E-state index is -0.184. The number of hydrogen-bond donors (Lipinski definition) is 2. The van der Waals surface area contributed by atoms with E-state index in [-0.39, 0.29) is 11.5 Å². The third kappa shape index (κ3) is 3.16. The van der Waals surface area contributed by atoms with Gasteiger partial charge in [0.15, 0.2) is 5.13 Å². The molecule has 2 N–H and O–H groups in total. The summed E-state index contributed by atoms with van der Waals surface area (Å²) < 4.78 is 0.852. The molecule has 0 bridgehead atoms. The topological polar surface area (TPSA) is 102 Å². The number of fused-ring (bicyclic) bond motifs is 1. The number of aromatic nitrogens is 1. The Labute approximate surface area is 125 Å². The van der Waals surface area contributed by atoms with Gasteiger partial charge in [0, 0.05) is 13.1 Å². The Hall–Kier alpha value is -2.90. The molecule has 1 amide bonds. The maximum absolute atomic E-state index is 11.1. The van der Waals surface area contributed by atoms with Gasteiger partial charge in [0.25, 0.3) is 0 Å². The Balaban J connectivity index is 2.47. The summed E-state index contributed by atoms with van der Waals surface area (Å²) in [5.41, 5.74) is 2.44. The molecule has 0 aliphatic rings. The molecule has 2 aromatic rings. The highest BCUT2D eigenvalue weighted by Gasteiger charge is 2.11. The third-order valence-electron chi connectivity index (χ3n) is 2.65. The fraction of sp³-hybridized carbons (Fsp3) is 0.143. The molecule has 0 radical (unpaired) electrons. The van der Waals surface area contributed by atoms with Crippen LogP contribution in [0.3, 0.4) is 0 Å². The second-order valence-corrected chi connectivity index (χ2v) is 5.23. The zero-order valence-corrected chi connectivity index (χ0v) is 12.2. The van der Waals surface area contributed by atoms with Crippen molar-refractivity contribution in [1.29, 1.82) is 10.5 Å². The van der Waals surface area contributed by atoms with Gasteiger partial charge in [-0.05, 0) is 18.6 Å². The summed E-state index contributed by atoms with van der Waals surface area (Å²) in [5, 5.41) is 23.6. The Morgan fingerprint density at radius 3 is 2.71 bits per heavy atom. The summed E-state index contributed by atoms with van der Waals surface area (Å²) in [6, 6.07) is 7.32. The van der Waals surface area contributed by atoms with E-state index in [4.69, 9.17) is 10.5 Å². The van der Waals surface area contributed by atoms with Crippen LogP contribution in [0.5, 0.6) is 0 Å². The van der Waals surface area contributed by atoms with Crippen LogP contribution in [0.2, 0.25) is 0 Å². The molecule has 1 aromatic carbocycles. The van der Waals surface area contributed by atoms with Crippen molar-refractivity contribution in [1.82, 2.24) is 4.98 Å². The number of allylic oxidation sites excluding steroid dienone is 1. The predicted molar refractivity (Wildman–Crippen MR) is 81.6 cm³/mol. The number of thiazole rings is 1. The van der Waals surface area contributed by atoms with E-state index in [1.165, 1.54) is 24.5 Å². The number of amides is 1. The summed E-state index contributed by atoms with van der Waals surface area (Å²) in [5.74, 6) is -0.184. The van der Waals surface area contributed by atoms with Crippen molar-refractivity contribution in [3.63, 3.8) is 0 Å². The summed E-state index contributed by atoms with van der Waals surface area (Å²) >= 11 is 1.33. The van der Waals surface area contributed by atoms with Crippen LogP contribution in [0.25, 0.3) is 10.2 Å². The Morgan fingerprint density at radius 2 is 2.10 bits per heavy atom. The van der Waals surface area contributed by atoms with Crippen molar-refractivity contribution in [3.8, 4) is 12.1 Å². The van der Waals surface area contributed by atoms with Crippen molar-refractivity contribution in [2.75, 3.05) is 10.6 Å². The third-order valence-corrected chi connectivity index (χ3v) is 3.65. The predicted octanol–water partition coefficient (Wildman–Crippen LogP) is 2.91. The highest BCUT2D eigenvalue weighted by atomic mass is 32.1. The van der Waals surface area contributed by atoms with Crippen LogP contribution < -0.4 is 10.6 Å². The first-order valence-corrected chi connectivity index (χ1v) is 6.81. The molecular formula is C14H11N5OS. The molecule has 0 unspecified atom stereocenters. The molecule has 0 aliphatic carbocycles. The lowest BCUT2D eigenvalue weighted by Gasteiger charge is -2.05. The van der Waals surface area contributed by atoms with Gasteiger partial charge in [-0.2, -0.15) is 10.5 Å². The number of hydrogen-bond acceptors (Lipinski definition) is 6. The van der Waals surface area contributed by atoms with Crippen molar-refractivity contribution >= 4 is 38.3 Å². The van der Waals surface area contributed by atoms with E-state index >= 15 is 0 Å². The van der Waals surface area contributed by atoms with E-state index < -0.39 is 0 Å². The number of benzene rings is 1. The molecule has 104 valence electrons. The number of nitrogens with zero attached hydrogens (tertiary/aromatic N) is 3. The van der Waals surface area contributed by atoms with E-state index in [1.807, 2.05) is 19.1 Å². The molecule has 0 fully saturated rings. The lowest BCUT2D eigenvalue weighted by molar-refractivity contribution is -0.114. The minimum absolute atomic E-state index is 0.0157. The molecule has 0 spiro atoms. The van der Waals surface area contributed by atoms with Crippen LogP contribution in [0, 0.1) is 29.6 Å². The molecule has 1 heterocycles. The summed E-state index contributed by atoms with van der Waals surface area (Å²) in [6.45, 7) is 3.33. The normalized spacial score (nSPS) is 9.52. The fourth-order valence-corrected chi connectivity index (χ4v) is 2.78. The van der Waals surface area contributed by atoms with Gasteiger partial charge >= 0.3 is 0 Å². The second-order valence-electron chi connectivity index (χ2n) is 4.23. The largest absolute Gasteiger partial charge is 0.358 e. The Morgan fingerprint density at radius 1 is 1.38 bits per heavy atom. The molecule has 0 atom stereocenters. The van der Waals surface area contributed by atoms with Crippen LogP contribution >= 0.6 is 11.3 Å². The van der Waals surface area contributed by atoms with Crippen LogP contribution in [0.15, 0.2) is 23.9 Å². The van der Waals surface area contributed by atoms with Gasteiger partial charge in [0.2, 0.25) is 5.91 Å². The van der Waals surface area contributed by atoms with Gasteiger partial charge in [-0.3, -0.25) is 4.79 Å². The fourth-order valence-electron chi connectivity index (χ4n) is 1.71. The van der Waals surface area contributed by atoms with Crippen LogP contribution in [-0.2, 0) is 4.79 Å². The van der Waals surface area contributed by atoms with Gasteiger partial charge in [-0.15, -0.1) is 0 Å². The van der Waals surface area contributed by atoms with Crippen molar-refractivity contribution in [2.24, 2.45) is 0 Å². The first kappa shape index (κ1) is 14.5. The van der Waals surface area contributed by atoms with Crippen molar-refractivity contribution in [2.45, 2.75) is 13.8 Å². The number of anilines is 2. The number of carbonyl (C=O) groups is 1. The van der Waals surface area contributed by atoms with Crippen LogP contribution in [0.1, 0.15) is 12.5 Å². The van der Waals surface area contributed by atoms with Gasteiger partial charge in [-0.1, -0.05) is 17.4 Å². The first-order valence-electron chi connectivity index (χ1n) is 5.99. The number of nitrogens with one attached hydrogen (secondary N) is 2. The van der Waals surface area contributed by atoms with E-state index in [1.54, 1.807) is 12.1 Å². The number of aryl methyl sites for hydroxylation is 1. The van der Waals surface area contributed by atoms with Gasteiger partial charge in [0.05, 0.1) is 15.9 Å². The zero-order valence-electron chi connectivity index (χ0n) is 11.4. The summed E-state index contributed by atoms with van der Waals surface area (Å²) in [4.78, 5) is 15.4. The molecule has 6 nitrogen and oxygen atoms in total. The Kier molecular flexibility index (Phi) is 4.17. The molecular weight excluding hydrogens is 286 g/mol. The zero-order chi connectivity index (χ0) is 15.4. The minimum Gasteiger partial charge on any atom is -0.358 e. The molecule has 0 saturated heterocycles. The molecule has 21 heavy (non-hydrogen) atoms. The van der Waals surface area contributed by atoms with E-state index in [0.717, 1.165) is 21.5 Å². The molecule has 0 saturated carbocycles. The molecule has 1 aromatic heterocycles. The summed E-state index contributed by atoms with van der Waals surface area (Å²) in [7, 11) is 0. The molecule has 0 aliphatic heterocycles. The van der Waals surface area contributed by atoms with E-state index in [2.05, 4.69) is 15.6 Å². The van der Waals surface area contributed by atoms with Crippen LogP contribution in [0.4, 0.5) is 10.8 Å². The second kappa shape index (κ2) is 6.04. The van der Waals surface area contributed by atoms with E-state index in [0.29, 0.717) is 5.13 Å². The van der Waals surface area contributed by atoms with E-state index in [9.17, 15) is 4.79 Å². The standard InChI is InChI=1S/C14H11N5OS/c1-8-3-4-11-13(21-14(19-11)18-9(2)20)12(8)17-7-10(5-15)6-16/h3-4,7,17H,1-2H3,(H,18,19,20). The van der Waals surface area contributed by atoms with Gasteiger partial charge < -0.3 is 10.6 Å². The average molecular weight is 297 g/mol. The quantitative estimate of drug-likeness (QED) is 0.848. The smallest absolute Gasteiger partial charge is 0.223 e. The number of nitriles is 2. The maximum Gasteiger partial charge on any atom is 0.223 e. The van der Waals surface area contributed by atoms with Crippen molar-refractivity contribution < 1.29 is 4.79 Å². The number of carbonyl (C=O) groups excluding carboxylic acids is 1. The van der Waals surface area contributed by atoms with Gasteiger partial charge in [0.1, 0.15) is 17.7 Å². The SMILES string of the molecule is CC(=O)Nc1nc2ccc(C)c(NC=C(C#N)C#N)c2s1. The molecule has 7 heteroatoms. The highest BCUT2D eigenvalue weighted by molar-refractivity contribution is 7.23. The summed E-state index contributed by atoms with van der Waals surface area (Å²) in [6.07, 6.45) is 1.36. The first-order chi connectivity index (χ1) is 10.0. The van der Waals surface area contributed by atoms with Gasteiger partial charge in [-0.25, -0.2) is 4.98 Å². The highest BCUT2D eigenvalue weighted by Crippen LogP contribution is 2.34. The number of rotatable bonds is 3. The molecule has 2 rings (SSSR count). The van der Waals surface area contributed by atoms with Crippen molar-refractivity contribution in [3.05, 3.63) is 29.5 Å². The lowest BCUT2D eigenvalue weighted by atomic mass is 10.2. The van der Waals surface area contributed by atoms with Crippen LogP contribution in [-0.4, -0.2) is 10.9 Å². The Bertz CT molecular complexity index is 806. The maximum atomic E-state index is 11.1. The monoisotopic (exact) mass is 297 g/mol.